The van der Waals surface area contributed by atoms with Crippen molar-refractivity contribution in [1.82, 2.24) is 14.7 Å². The summed E-state index contributed by atoms with van der Waals surface area (Å²) in [6, 6.07) is 0.207. The fourth-order valence-electron chi connectivity index (χ4n) is 1.98. The number of aromatic nitrogens is 2. The number of nitrogens with one attached hydrogen (secondary N) is 1. The van der Waals surface area contributed by atoms with Crippen LogP contribution >= 0.6 is 23.3 Å². The van der Waals surface area contributed by atoms with E-state index in [1.165, 1.54) is 11.5 Å². The van der Waals surface area contributed by atoms with Gasteiger partial charge in [0.15, 0.2) is 4.34 Å². The molecule has 1 rings (SSSR count). The van der Waals surface area contributed by atoms with Gasteiger partial charge in [-0.05, 0) is 45.6 Å². The lowest BCUT2D eigenvalue weighted by molar-refractivity contribution is -0.124. The number of carbonyl (C=O) groups is 1. The number of carbonyl (C=O) groups excluding carboxylic acids is 1. The van der Waals surface area contributed by atoms with Crippen LogP contribution in [-0.4, -0.2) is 32.1 Å². The minimum atomic E-state index is -0.694. The van der Waals surface area contributed by atoms with Gasteiger partial charge in [0.05, 0.1) is 5.54 Å². The van der Waals surface area contributed by atoms with E-state index in [-0.39, 0.29) is 17.2 Å². The smallest absolute Gasteiger partial charge is 0.237 e. The first-order valence-electron chi connectivity index (χ1n) is 6.27. The molecule has 2 unspecified atom stereocenters. The number of hydrogen-bond acceptors (Lipinski definition) is 6. The van der Waals surface area contributed by atoms with Gasteiger partial charge in [0.1, 0.15) is 5.82 Å². The van der Waals surface area contributed by atoms with Crippen molar-refractivity contribution in [2.45, 2.75) is 62.2 Å². The zero-order chi connectivity index (χ0) is 14.6. The van der Waals surface area contributed by atoms with Crippen LogP contribution in [0.25, 0.3) is 0 Å². The van der Waals surface area contributed by atoms with Crippen molar-refractivity contribution in [1.29, 1.82) is 0 Å². The Morgan fingerprint density at radius 1 is 1.53 bits per heavy atom. The molecule has 0 aliphatic rings. The largest absolute Gasteiger partial charge is 0.368 e. The number of aryl methyl sites for hydroxylation is 1. The van der Waals surface area contributed by atoms with E-state index in [9.17, 15) is 4.79 Å². The van der Waals surface area contributed by atoms with E-state index in [0.717, 1.165) is 10.2 Å². The molecule has 0 aliphatic carbocycles. The lowest BCUT2D eigenvalue weighted by atomic mass is 9.94. The third-order valence-electron chi connectivity index (χ3n) is 2.66. The van der Waals surface area contributed by atoms with Gasteiger partial charge in [0.2, 0.25) is 5.91 Å². The molecule has 1 heterocycles. The van der Waals surface area contributed by atoms with Crippen LogP contribution in [0.15, 0.2) is 4.34 Å². The summed E-state index contributed by atoms with van der Waals surface area (Å²) in [6.45, 7) is 9.82. The number of nitrogens with two attached hydrogens (primary N) is 1. The molecule has 7 heteroatoms. The molecule has 0 radical (unpaired) electrons. The summed E-state index contributed by atoms with van der Waals surface area (Å²) in [5, 5.41) is 3.49. The SMILES string of the molecule is Cc1nsc(SC(C)CC(C)(NC(C)C)C(N)=O)n1. The predicted molar refractivity (Wildman–Crippen MR) is 80.5 cm³/mol. The van der Waals surface area contributed by atoms with Crippen molar-refractivity contribution >= 4 is 29.2 Å². The molecule has 1 aromatic rings. The summed E-state index contributed by atoms with van der Waals surface area (Å²) in [5.74, 6) is 0.472. The average Bonchev–Trinajstić information content (AvgIpc) is 2.61. The van der Waals surface area contributed by atoms with Crippen molar-refractivity contribution in [3.05, 3.63) is 5.82 Å². The Hall–Kier alpha value is -0.660. The summed E-state index contributed by atoms with van der Waals surface area (Å²) < 4.78 is 5.08. The van der Waals surface area contributed by atoms with E-state index in [4.69, 9.17) is 5.73 Å². The van der Waals surface area contributed by atoms with Crippen molar-refractivity contribution in [3.8, 4) is 0 Å². The van der Waals surface area contributed by atoms with Gasteiger partial charge in [-0.3, -0.25) is 4.79 Å². The third-order valence-corrected chi connectivity index (χ3v) is 4.63. The highest BCUT2D eigenvalue weighted by Gasteiger charge is 2.33. The number of primary amides is 1. The number of amides is 1. The molecule has 0 saturated heterocycles. The molecule has 1 amide bonds. The van der Waals surface area contributed by atoms with Gasteiger partial charge < -0.3 is 11.1 Å². The van der Waals surface area contributed by atoms with E-state index in [2.05, 4.69) is 21.6 Å². The maximum absolute atomic E-state index is 11.7. The summed E-state index contributed by atoms with van der Waals surface area (Å²) in [6.07, 6.45) is 0.657. The number of hydrogen-bond donors (Lipinski definition) is 2. The van der Waals surface area contributed by atoms with Crippen molar-refractivity contribution in [3.63, 3.8) is 0 Å². The van der Waals surface area contributed by atoms with Crippen LogP contribution in [-0.2, 0) is 4.79 Å². The molecule has 1 aromatic heterocycles. The highest BCUT2D eigenvalue weighted by molar-refractivity contribution is 8.01. The van der Waals surface area contributed by atoms with Gasteiger partial charge in [-0.15, -0.1) is 0 Å². The van der Waals surface area contributed by atoms with E-state index in [1.807, 2.05) is 27.7 Å². The fourth-order valence-corrected chi connectivity index (χ4v) is 4.13. The summed E-state index contributed by atoms with van der Waals surface area (Å²) in [5.41, 5.74) is 4.83. The molecular weight excluding hydrogens is 280 g/mol. The first-order valence-corrected chi connectivity index (χ1v) is 7.93. The molecule has 19 heavy (non-hydrogen) atoms. The van der Waals surface area contributed by atoms with E-state index in [0.29, 0.717) is 6.42 Å². The molecule has 5 nitrogen and oxygen atoms in total. The standard InChI is InChI=1S/C12H22N4OS2/c1-7(2)15-12(5,10(13)17)6-8(3)18-11-14-9(4)16-19-11/h7-8,15H,6H2,1-5H3,(H2,13,17). The molecule has 3 N–H and O–H groups in total. The van der Waals surface area contributed by atoms with Gasteiger partial charge >= 0.3 is 0 Å². The second-order valence-electron chi connectivity index (χ2n) is 5.24. The van der Waals surface area contributed by atoms with Crippen LogP contribution in [0.3, 0.4) is 0 Å². The maximum Gasteiger partial charge on any atom is 0.237 e. The fraction of sp³-hybridized carbons (Fsp3) is 0.750. The summed E-state index contributed by atoms with van der Waals surface area (Å²) >= 11 is 3.02. The highest BCUT2D eigenvalue weighted by Crippen LogP contribution is 2.29. The summed E-state index contributed by atoms with van der Waals surface area (Å²) in [4.78, 5) is 16.0. The third kappa shape index (κ3) is 5.08. The van der Waals surface area contributed by atoms with E-state index >= 15 is 0 Å². The Kier molecular flexibility index (Phi) is 5.76. The van der Waals surface area contributed by atoms with Crippen LogP contribution in [0, 0.1) is 6.92 Å². The minimum absolute atomic E-state index is 0.207. The molecule has 0 fully saturated rings. The second kappa shape index (κ2) is 6.67. The van der Waals surface area contributed by atoms with Gasteiger partial charge in [-0.1, -0.05) is 18.7 Å². The van der Waals surface area contributed by atoms with Gasteiger partial charge in [0, 0.05) is 11.3 Å². The number of nitrogens with zero attached hydrogens (tertiary/aromatic N) is 2. The van der Waals surface area contributed by atoms with Crippen molar-refractivity contribution in [2.24, 2.45) is 5.73 Å². The highest BCUT2D eigenvalue weighted by atomic mass is 32.2. The zero-order valence-electron chi connectivity index (χ0n) is 12.1. The molecule has 0 bridgehead atoms. The average molecular weight is 302 g/mol. The van der Waals surface area contributed by atoms with Gasteiger partial charge in [0.25, 0.3) is 0 Å². The molecule has 0 spiro atoms. The van der Waals surface area contributed by atoms with Crippen LogP contribution in [0.5, 0.6) is 0 Å². The first-order chi connectivity index (χ1) is 8.73. The minimum Gasteiger partial charge on any atom is -0.368 e. The number of rotatable bonds is 7. The van der Waals surface area contributed by atoms with Crippen LogP contribution in [0.1, 0.15) is 39.9 Å². The van der Waals surface area contributed by atoms with Gasteiger partial charge in [-0.2, -0.15) is 4.37 Å². The quantitative estimate of drug-likeness (QED) is 0.753. The Bertz CT molecular complexity index is 435. The second-order valence-corrected chi connectivity index (χ2v) is 7.67. The molecule has 0 aromatic carbocycles. The summed E-state index contributed by atoms with van der Waals surface area (Å²) in [7, 11) is 0. The monoisotopic (exact) mass is 302 g/mol. The topological polar surface area (TPSA) is 80.9 Å². The molecule has 108 valence electrons. The van der Waals surface area contributed by atoms with E-state index in [1.54, 1.807) is 11.8 Å². The lowest BCUT2D eigenvalue weighted by Gasteiger charge is -2.31. The van der Waals surface area contributed by atoms with Gasteiger partial charge in [-0.25, -0.2) is 4.98 Å². The number of thioether (sulfide) groups is 1. The van der Waals surface area contributed by atoms with Crippen LogP contribution in [0.2, 0.25) is 0 Å². The van der Waals surface area contributed by atoms with Crippen molar-refractivity contribution in [2.75, 3.05) is 0 Å². The molecule has 0 aliphatic heterocycles. The molecular formula is C12H22N4OS2. The van der Waals surface area contributed by atoms with Crippen LogP contribution in [0.4, 0.5) is 0 Å². The maximum atomic E-state index is 11.7. The Labute approximate surface area is 122 Å². The predicted octanol–water partition coefficient (Wildman–Crippen LogP) is 1.96. The van der Waals surface area contributed by atoms with Crippen LogP contribution < -0.4 is 11.1 Å². The zero-order valence-corrected chi connectivity index (χ0v) is 13.7. The first kappa shape index (κ1) is 16.4. The molecule has 2 atom stereocenters. The van der Waals surface area contributed by atoms with Crippen molar-refractivity contribution < 1.29 is 4.79 Å². The Balaban J connectivity index is 2.66. The normalized spacial score (nSPS) is 16.3. The Morgan fingerprint density at radius 2 is 2.16 bits per heavy atom. The lowest BCUT2D eigenvalue weighted by Crippen LogP contribution is -2.56. The van der Waals surface area contributed by atoms with E-state index < -0.39 is 5.54 Å². The molecule has 0 saturated carbocycles. The Morgan fingerprint density at radius 3 is 2.58 bits per heavy atom.